The van der Waals surface area contributed by atoms with Gasteiger partial charge < -0.3 is 15.2 Å². The summed E-state index contributed by atoms with van der Waals surface area (Å²) in [5.41, 5.74) is -0.916. The normalized spacial score (nSPS) is 13.3. The van der Waals surface area contributed by atoms with Crippen LogP contribution in [0.5, 0.6) is 5.75 Å². The topological polar surface area (TPSA) is 75.6 Å². The lowest BCUT2D eigenvalue weighted by Gasteiger charge is -2.23. The molecule has 1 atom stereocenters. The first-order chi connectivity index (χ1) is 9.91. The van der Waals surface area contributed by atoms with Crippen LogP contribution in [0, 0.1) is 5.41 Å². The first-order valence-corrected chi connectivity index (χ1v) is 7.67. The van der Waals surface area contributed by atoms with E-state index in [1.807, 2.05) is 24.3 Å². The zero-order chi connectivity index (χ0) is 15.9. The van der Waals surface area contributed by atoms with E-state index in [0.29, 0.717) is 6.42 Å². The third-order valence-electron chi connectivity index (χ3n) is 3.40. The molecular weight excluding hydrogens is 290 g/mol. The number of thioether (sulfide) groups is 1. The Kier molecular flexibility index (Phi) is 6.55. The highest BCUT2D eigenvalue weighted by Crippen LogP contribution is 2.22. The summed E-state index contributed by atoms with van der Waals surface area (Å²) in [6, 6.07) is 7.42. The van der Waals surface area contributed by atoms with E-state index in [4.69, 9.17) is 9.84 Å². The standard InChI is InChI=1S/C15H21NO4S/c1-4-15(2,14(18)19)10-16-13(17)9-21-12-7-5-11(20-3)6-8-12/h5-8H,4,9-10H2,1-3H3,(H,16,17)(H,18,19). The molecule has 1 unspecified atom stereocenters. The van der Waals surface area contributed by atoms with Crippen molar-refractivity contribution in [2.45, 2.75) is 25.2 Å². The molecule has 0 fully saturated rings. The van der Waals surface area contributed by atoms with Crippen LogP contribution in [0.3, 0.4) is 0 Å². The Morgan fingerprint density at radius 1 is 1.33 bits per heavy atom. The number of benzene rings is 1. The first kappa shape index (κ1) is 17.4. The molecule has 0 radical (unpaired) electrons. The zero-order valence-corrected chi connectivity index (χ0v) is 13.3. The molecule has 0 aliphatic rings. The molecule has 2 N–H and O–H groups in total. The fourth-order valence-corrected chi connectivity index (χ4v) is 2.25. The molecule has 0 aliphatic carbocycles. The highest BCUT2D eigenvalue weighted by Gasteiger charge is 2.31. The summed E-state index contributed by atoms with van der Waals surface area (Å²) in [7, 11) is 1.60. The number of aliphatic carboxylic acids is 1. The number of hydrogen-bond donors (Lipinski definition) is 2. The summed E-state index contributed by atoms with van der Waals surface area (Å²) in [4.78, 5) is 23.9. The lowest BCUT2D eigenvalue weighted by molar-refractivity contribution is -0.148. The Morgan fingerprint density at radius 3 is 2.43 bits per heavy atom. The number of ether oxygens (including phenoxy) is 1. The van der Waals surface area contributed by atoms with Gasteiger partial charge in [0.25, 0.3) is 0 Å². The summed E-state index contributed by atoms with van der Waals surface area (Å²) in [5, 5.41) is 11.8. The van der Waals surface area contributed by atoms with Crippen LogP contribution in [0.2, 0.25) is 0 Å². The van der Waals surface area contributed by atoms with E-state index >= 15 is 0 Å². The second kappa shape index (κ2) is 7.93. The first-order valence-electron chi connectivity index (χ1n) is 6.68. The second-order valence-corrected chi connectivity index (χ2v) is 6.01. The minimum atomic E-state index is -0.916. The van der Waals surface area contributed by atoms with Crippen LogP contribution in [0.15, 0.2) is 29.2 Å². The van der Waals surface area contributed by atoms with Crippen LogP contribution < -0.4 is 10.1 Å². The van der Waals surface area contributed by atoms with Crippen molar-refractivity contribution in [3.63, 3.8) is 0 Å². The van der Waals surface area contributed by atoms with Gasteiger partial charge in [0.05, 0.1) is 18.3 Å². The highest BCUT2D eigenvalue weighted by molar-refractivity contribution is 8.00. The number of carboxylic acids is 1. The average molecular weight is 311 g/mol. The molecular formula is C15H21NO4S. The number of rotatable bonds is 8. The number of nitrogens with one attached hydrogen (secondary N) is 1. The van der Waals surface area contributed by atoms with E-state index in [1.54, 1.807) is 21.0 Å². The van der Waals surface area contributed by atoms with E-state index in [9.17, 15) is 9.59 Å². The molecule has 0 saturated heterocycles. The molecule has 0 heterocycles. The van der Waals surface area contributed by atoms with E-state index < -0.39 is 11.4 Å². The Labute approximate surface area is 129 Å². The third-order valence-corrected chi connectivity index (χ3v) is 4.41. The van der Waals surface area contributed by atoms with Crippen LogP contribution in [-0.2, 0) is 9.59 Å². The van der Waals surface area contributed by atoms with Crippen LogP contribution in [0.25, 0.3) is 0 Å². The quantitative estimate of drug-likeness (QED) is 0.721. The summed E-state index contributed by atoms with van der Waals surface area (Å²) < 4.78 is 5.06. The van der Waals surface area contributed by atoms with Gasteiger partial charge in [0.2, 0.25) is 5.91 Å². The third kappa shape index (κ3) is 5.30. The number of carboxylic acid groups (broad SMARTS) is 1. The number of amides is 1. The van der Waals surface area contributed by atoms with Gasteiger partial charge in [0.1, 0.15) is 5.75 Å². The zero-order valence-electron chi connectivity index (χ0n) is 12.5. The Morgan fingerprint density at radius 2 is 1.95 bits per heavy atom. The van der Waals surface area contributed by atoms with E-state index in [1.165, 1.54) is 11.8 Å². The van der Waals surface area contributed by atoms with E-state index in [0.717, 1.165) is 10.6 Å². The highest BCUT2D eigenvalue weighted by atomic mass is 32.2. The van der Waals surface area contributed by atoms with Crippen molar-refractivity contribution in [1.29, 1.82) is 0 Å². The largest absolute Gasteiger partial charge is 0.497 e. The summed E-state index contributed by atoms with van der Waals surface area (Å²) in [5.74, 6) is -0.0417. The monoisotopic (exact) mass is 311 g/mol. The number of hydrogen-bond acceptors (Lipinski definition) is 4. The SMILES string of the molecule is CCC(C)(CNC(=O)CSc1ccc(OC)cc1)C(=O)O. The maximum absolute atomic E-state index is 11.8. The van der Waals surface area contributed by atoms with Crippen LogP contribution >= 0.6 is 11.8 Å². The number of carbonyl (C=O) groups excluding carboxylic acids is 1. The number of methoxy groups -OCH3 is 1. The van der Waals surface area contributed by atoms with Gasteiger partial charge in [-0.15, -0.1) is 11.8 Å². The maximum atomic E-state index is 11.8. The molecule has 1 aromatic rings. The predicted molar refractivity (Wildman–Crippen MR) is 82.8 cm³/mol. The summed E-state index contributed by atoms with van der Waals surface area (Å²) in [6.45, 7) is 3.57. The fraction of sp³-hybridized carbons (Fsp3) is 0.467. The smallest absolute Gasteiger partial charge is 0.311 e. The van der Waals surface area contributed by atoms with Gasteiger partial charge in [-0.3, -0.25) is 9.59 Å². The van der Waals surface area contributed by atoms with Crippen molar-refractivity contribution in [2.24, 2.45) is 5.41 Å². The molecule has 0 bridgehead atoms. The van der Waals surface area contributed by atoms with Crippen molar-refractivity contribution in [3.05, 3.63) is 24.3 Å². The maximum Gasteiger partial charge on any atom is 0.311 e. The van der Waals surface area contributed by atoms with Gasteiger partial charge >= 0.3 is 5.97 Å². The van der Waals surface area contributed by atoms with Crippen molar-refractivity contribution in [2.75, 3.05) is 19.4 Å². The van der Waals surface area contributed by atoms with E-state index in [2.05, 4.69) is 5.32 Å². The lowest BCUT2D eigenvalue weighted by Crippen LogP contribution is -2.41. The molecule has 0 saturated carbocycles. The lowest BCUT2D eigenvalue weighted by atomic mass is 9.88. The Balaban J connectivity index is 2.41. The summed E-state index contributed by atoms with van der Waals surface area (Å²) >= 11 is 1.40. The van der Waals surface area contributed by atoms with Gasteiger partial charge in [0, 0.05) is 11.4 Å². The van der Waals surface area contributed by atoms with E-state index in [-0.39, 0.29) is 18.2 Å². The molecule has 1 aromatic carbocycles. The number of carbonyl (C=O) groups is 2. The van der Waals surface area contributed by atoms with Crippen LogP contribution in [-0.4, -0.2) is 36.4 Å². The van der Waals surface area contributed by atoms with Crippen molar-refractivity contribution < 1.29 is 19.4 Å². The molecule has 1 rings (SSSR count). The van der Waals surface area contributed by atoms with Gasteiger partial charge in [0.15, 0.2) is 0 Å². The molecule has 21 heavy (non-hydrogen) atoms. The molecule has 116 valence electrons. The van der Waals surface area contributed by atoms with Gasteiger partial charge in [-0.05, 0) is 37.6 Å². The van der Waals surface area contributed by atoms with Gasteiger partial charge in [-0.25, -0.2) is 0 Å². The Bertz CT molecular complexity index is 489. The minimum Gasteiger partial charge on any atom is -0.497 e. The van der Waals surface area contributed by atoms with Gasteiger partial charge in [-0.2, -0.15) is 0 Å². The molecule has 0 aromatic heterocycles. The minimum absolute atomic E-state index is 0.140. The van der Waals surface area contributed by atoms with Crippen LogP contribution in [0.1, 0.15) is 20.3 Å². The average Bonchev–Trinajstić information content (AvgIpc) is 2.50. The van der Waals surface area contributed by atoms with Gasteiger partial charge in [-0.1, -0.05) is 6.92 Å². The van der Waals surface area contributed by atoms with Crippen molar-refractivity contribution in [1.82, 2.24) is 5.32 Å². The Hall–Kier alpha value is -1.69. The van der Waals surface area contributed by atoms with Crippen molar-refractivity contribution in [3.8, 4) is 5.75 Å². The molecule has 1 amide bonds. The predicted octanol–water partition coefficient (Wildman–Crippen LogP) is 2.40. The molecule has 6 heteroatoms. The second-order valence-electron chi connectivity index (χ2n) is 4.96. The molecule has 0 spiro atoms. The van der Waals surface area contributed by atoms with Crippen LogP contribution in [0.4, 0.5) is 0 Å². The van der Waals surface area contributed by atoms with Crippen molar-refractivity contribution >= 4 is 23.6 Å². The fourth-order valence-electron chi connectivity index (χ4n) is 1.52. The molecule has 5 nitrogen and oxygen atoms in total. The summed E-state index contributed by atoms with van der Waals surface area (Å²) in [6.07, 6.45) is 0.467. The molecule has 0 aliphatic heterocycles.